The predicted molar refractivity (Wildman–Crippen MR) is 223 cm³/mol. The molecule has 2 N–H and O–H groups in total. The second-order valence-electron chi connectivity index (χ2n) is 16.3. The van der Waals surface area contributed by atoms with Gasteiger partial charge in [-0.15, -0.1) is 11.6 Å². The van der Waals surface area contributed by atoms with Crippen LogP contribution in [0.4, 0.5) is 0 Å². The first kappa shape index (κ1) is 46.2. The maximum Gasteiger partial charge on any atom is 0.338 e. The third kappa shape index (κ3) is 17.3. The molecular weight excluding hydrogens is 696 g/mol. The number of hydrogen-bond acceptors (Lipinski definition) is 6. The molecule has 2 aliphatic carbocycles. The average molecular weight is 772 g/mol. The van der Waals surface area contributed by atoms with E-state index in [-0.39, 0.29) is 53.9 Å². The molecular formula is C47H75ClO6. The number of halogens is 1. The molecule has 3 rings (SSSR count). The fraction of sp³-hybridized carbons (Fsp3) is 0.745. The summed E-state index contributed by atoms with van der Waals surface area (Å²) in [6.07, 6.45) is 35.3. The van der Waals surface area contributed by atoms with E-state index >= 15 is 0 Å². The SMILES string of the molecule is CCCCCCCCCCCCCCCCc1cccc(C(=O)OCCOC(=O)CCCC=CC[C@@H]2[C@@H](C=CC[C@H](O)C3(CC)CCC3)[C@H](O)C[C@H]2Cl)c1. The van der Waals surface area contributed by atoms with Crippen molar-refractivity contribution in [3.05, 3.63) is 59.7 Å². The summed E-state index contributed by atoms with van der Waals surface area (Å²) < 4.78 is 10.7. The van der Waals surface area contributed by atoms with Crippen LogP contribution in [0.15, 0.2) is 48.6 Å². The van der Waals surface area contributed by atoms with Crippen LogP contribution in [0.2, 0.25) is 0 Å². The molecule has 1 aromatic rings. The number of carbonyl (C=O) groups is 2. The van der Waals surface area contributed by atoms with Crippen molar-refractivity contribution in [3.63, 3.8) is 0 Å². The van der Waals surface area contributed by atoms with Crippen molar-refractivity contribution in [1.29, 1.82) is 0 Å². The summed E-state index contributed by atoms with van der Waals surface area (Å²) in [5.74, 6) is -0.565. The lowest BCUT2D eigenvalue weighted by Gasteiger charge is -2.45. The van der Waals surface area contributed by atoms with Crippen LogP contribution in [0, 0.1) is 17.3 Å². The van der Waals surface area contributed by atoms with Crippen LogP contribution < -0.4 is 0 Å². The lowest BCUT2D eigenvalue weighted by Crippen LogP contribution is -2.40. The van der Waals surface area contributed by atoms with E-state index in [9.17, 15) is 19.8 Å². The highest BCUT2D eigenvalue weighted by Crippen LogP contribution is 2.48. The maximum atomic E-state index is 12.6. The summed E-state index contributed by atoms with van der Waals surface area (Å²) in [5.41, 5.74) is 1.77. The number of allylic oxidation sites excluding steroid dienone is 2. The van der Waals surface area contributed by atoms with E-state index in [1.54, 1.807) is 6.07 Å². The van der Waals surface area contributed by atoms with Crippen molar-refractivity contribution in [1.82, 2.24) is 0 Å². The Morgan fingerprint density at radius 2 is 1.52 bits per heavy atom. The van der Waals surface area contributed by atoms with E-state index in [0.717, 1.165) is 50.5 Å². The molecule has 0 bridgehead atoms. The van der Waals surface area contributed by atoms with Gasteiger partial charge in [0.05, 0.1) is 17.8 Å². The zero-order valence-electron chi connectivity index (χ0n) is 34.0. The number of aryl methyl sites for hydroxylation is 1. The zero-order valence-corrected chi connectivity index (χ0v) is 34.8. The highest BCUT2D eigenvalue weighted by Gasteiger charge is 2.42. The Hall–Kier alpha value is -2.15. The molecule has 2 saturated carbocycles. The number of benzene rings is 1. The summed E-state index contributed by atoms with van der Waals surface area (Å²) >= 11 is 6.63. The molecule has 0 heterocycles. The van der Waals surface area contributed by atoms with Gasteiger partial charge in [0.1, 0.15) is 13.2 Å². The Bertz CT molecular complexity index is 1220. The monoisotopic (exact) mass is 771 g/mol. The number of rotatable bonds is 30. The molecule has 0 aliphatic heterocycles. The van der Waals surface area contributed by atoms with E-state index in [4.69, 9.17) is 21.1 Å². The Labute approximate surface area is 333 Å². The molecule has 54 heavy (non-hydrogen) atoms. The summed E-state index contributed by atoms with van der Waals surface area (Å²) in [7, 11) is 0. The largest absolute Gasteiger partial charge is 0.462 e. The third-order valence-corrected chi connectivity index (χ3v) is 12.7. The van der Waals surface area contributed by atoms with Gasteiger partial charge in [0.15, 0.2) is 0 Å². The molecule has 0 amide bonds. The minimum Gasteiger partial charge on any atom is -0.462 e. The summed E-state index contributed by atoms with van der Waals surface area (Å²) in [5, 5.41) is 21.3. The molecule has 7 heteroatoms. The number of ether oxygens (including phenoxy) is 2. The van der Waals surface area contributed by atoms with Gasteiger partial charge in [0.2, 0.25) is 0 Å². The number of carbonyl (C=O) groups excluding carboxylic acids is 2. The van der Waals surface area contributed by atoms with Crippen LogP contribution >= 0.6 is 11.6 Å². The van der Waals surface area contributed by atoms with Crippen molar-refractivity contribution < 1.29 is 29.3 Å². The van der Waals surface area contributed by atoms with Crippen LogP contribution in [0.5, 0.6) is 0 Å². The Morgan fingerprint density at radius 1 is 0.870 bits per heavy atom. The van der Waals surface area contributed by atoms with Crippen molar-refractivity contribution in [2.24, 2.45) is 17.3 Å². The van der Waals surface area contributed by atoms with E-state index in [0.29, 0.717) is 31.2 Å². The Morgan fingerprint density at radius 3 is 2.15 bits per heavy atom. The smallest absolute Gasteiger partial charge is 0.338 e. The molecule has 2 fully saturated rings. The number of unbranched alkanes of at least 4 members (excludes halogenated alkanes) is 14. The second kappa shape index (κ2) is 27.4. The topological polar surface area (TPSA) is 93.1 Å². The zero-order chi connectivity index (χ0) is 38.9. The summed E-state index contributed by atoms with van der Waals surface area (Å²) in [6.45, 7) is 4.52. The molecule has 306 valence electrons. The molecule has 5 atom stereocenters. The Balaban J connectivity index is 1.19. The van der Waals surface area contributed by atoms with Crippen molar-refractivity contribution >= 4 is 23.5 Å². The average Bonchev–Trinajstić information content (AvgIpc) is 3.42. The fourth-order valence-corrected chi connectivity index (χ4v) is 8.84. The lowest BCUT2D eigenvalue weighted by molar-refractivity contribution is -0.144. The normalized spacial score (nSPS) is 21.4. The van der Waals surface area contributed by atoms with E-state index in [2.05, 4.69) is 38.1 Å². The minimum absolute atomic E-state index is 0.0184. The van der Waals surface area contributed by atoms with Crippen molar-refractivity contribution in [3.8, 4) is 0 Å². The quantitative estimate of drug-likeness (QED) is 0.0350. The molecule has 0 aromatic heterocycles. The van der Waals surface area contributed by atoms with E-state index < -0.39 is 6.10 Å². The first-order valence-corrected chi connectivity index (χ1v) is 22.5. The summed E-state index contributed by atoms with van der Waals surface area (Å²) in [4.78, 5) is 24.8. The Kier molecular flexibility index (Phi) is 23.5. The number of esters is 2. The van der Waals surface area contributed by atoms with E-state index in [1.165, 1.54) is 89.9 Å². The standard InChI is InChI=1S/C47H75ClO6/c1-3-5-6-7-8-9-10-11-12-13-14-15-16-19-25-38-26-22-27-39(36-38)46(52)54-35-34-53-45(51)31-21-18-17-20-28-40-41(43(49)37-42(40)48)29-23-30-44(50)47(4-2)32-24-33-47/h17,20,22-23,26-27,29,36,40-44,49-50H,3-16,18-19,21,24-25,28,30-35,37H2,1-2H3/t40-,41-,42-,43-,44+/m1/s1. The minimum atomic E-state index is -0.467. The third-order valence-electron chi connectivity index (χ3n) is 12.2. The summed E-state index contributed by atoms with van der Waals surface area (Å²) in [6, 6.07) is 7.69. The molecule has 0 radical (unpaired) electrons. The maximum absolute atomic E-state index is 12.6. The van der Waals surface area contributed by atoms with Crippen LogP contribution in [-0.2, 0) is 20.7 Å². The number of aliphatic hydroxyl groups excluding tert-OH is 2. The van der Waals surface area contributed by atoms with Crippen molar-refractivity contribution in [2.45, 2.75) is 192 Å². The van der Waals surface area contributed by atoms with Crippen LogP contribution in [0.25, 0.3) is 0 Å². The van der Waals surface area contributed by atoms with Crippen LogP contribution in [-0.4, -0.2) is 53.0 Å². The van der Waals surface area contributed by atoms with Gasteiger partial charge in [-0.1, -0.05) is 140 Å². The van der Waals surface area contributed by atoms with Gasteiger partial charge in [0.25, 0.3) is 0 Å². The molecule has 0 unspecified atom stereocenters. The van der Waals surface area contributed by atoms with Gasteiger partial charge in [-0.3, -0.25) is 4.79 Å². The molecule has 1 aromatic carbocycles. The number of aliphatic hydroxyl groups is 2. The van der Waals surface area contributed by atoms with Crippen LogP contribution in [0.1, 0.15) is 184 Å². The first-order valence-electron chi connectivity index (χ1n) is 22.0. The molecule has 2 aliphatic rings. The molecule has 6 nitrogen and oxygen atoms in total. The van der Waals surface area contributed by atoms with Gasteiger partial charge in [-0.25, -0.2) is 4.79 Å². The van der Waals surface area contributed by atoms with Gasteiger partial charge in [-0.05, 0) is 93.2 Å². The van der Waals surface area contributed by atoms with E-state index in [1.807, 2.05) is 18.2 Å². The van der Waals surface area contributed by atoms with Gasteiger partial charge in [-0.2, -0.15) is 0 Å². The van der Waals surface area contributed by atoms with Crippen LogP contribution in [0.3, 0.4) is 0 Å². The van der Waals surface area contributed by atoms with Crippen molar-refractivity contribution in [2.75, 3.05) is 13.2 Å². The fourth-order valence-electron chi connectivity index (χ4n) is 8.39. The van der Waals surface area contributed by atoms with Gasteiger partial charge in [0, 0.05) is 17.7 Å². The highest BCUT2D eigenvalue weighted by molar-refractivity contribution is 6.21. The second-order valence-corrected chi connectivity index (χ2v) is 16.9. The number of hydrogen-bond donors (Lipinski definition) is 2. The first-order chi connectivity index (χ1) is 26.3. The number of alkyl halides is 1. The highest BCUT2D eigenvalue weighted by atomic mass is 35.5. The van der Waals surface area contributed by atoms with Gasteiger partial charge >= 0.3 is 11.9 Å². The predicted octanol–water partition coefficient (Wildman–Crippen LogP) is 12.0. The molecule has 0 spiro atoms. The van der Waals surface area contributed by atoms with Gasteiger partial charge < -0.3 is 19.7 Å². The molecule has 0 saturated heterocycles. The lowest BCUT2D eigenvalue weighted by atomic mass is 9.63.